The summed E-state index contributed by atoms with van der Waals surface area (Å²) in [5, 5.41) is 6.00. The fourth-order valence-electron chi connectivity index (χ4n) is 2.24. The van der Waals surface area contributed by atoms with Gasteiger partial charge in [0.05, 0.1) is 10.2 Å². The summed E-state index contributed by atoms with van der Waals surface area (Å²) in [6, 6.07) is 14.8. The highest BCUT2D eigenvalue weighted by atomic mass is 32.1. The van der Waals surface area contributed by atoms with Crippen molar-refractivity contribution in [3.63, 3.8) is 0 Å². The number of rotatable bonds is 4. The molecular formula is C18H18N4O2S. The number of fused-ring (bicyclic) bond motifs is 1. The summed E-state index contributed by atoms with van der Waals surface area (Å²) in [5.74, 6) is -0.259. The SMILES string of the molecule is Cc1ccc(NC(=O)CN(C)C(=O)Nc2nc3ccccc3s2)cc1. The topological polar surface area (TPSA) is 74.3 Å². The summed E-state index contributed by atoms with van der Waals surface area (Å²) in [7, 11) is 1.57. The second kappa shape index (κ2) is 7.31. The zero-order valence-electron chi connectivity index (χ0n) is 13.9. The molecule has 0 fully saturated rings. The highest BCUT2D eigenvalue weighted by Crippen LogP contribution is 2.25. The van der Waals surface area contributed by atoms with Crippen LogP contribution in [-0.4, -0.2) is 35.4 Å². The van der Waals surface area contributed by atoms with E-state index in [1.165, 1.54) is 16.2 Å². The van der Waals surface area contributed by atoms with E-state index in [0.717, 1.165) is 15.8 Å². The predicted molar refractivity (Wildman–Crippen MR) is 101 cm³/mol. The van der Waals surface area contributed by atoms with Gasteiger partial charge in [-0.2, -0.15) is 0 Å². The molecule has 2 N–H and O–H groups in total. The van der Waals surface area contributed by atoms with E-state index >= 15 is 0 Å². The number of hydrogen-bond donors (Lipinski definition) is 2. The fraction of sp³-hybridized carbons (Fsp3) is 0.167. The number of likely N-dealkylation sites (N-methyl/N-ethyl adjacent to an activating group) is 1. The number of carbonyl (C=O) groups excluding carboxylic acids is 2. The number of nitrogens with zero attached hydrogens (tertiary/aromatic N) is 2. The van der Waals surface area contributed by atoms with Crippen molar-refractivity contribution in [3.8, 4) is 0 Å². The van der Waals surface area contributed by atoms with E-state index < -0.39 is 0 Å². The van der Waals surface area contributed by atoms with Gasteiger partial charge in [-0.3, -0.25) is 10.1 Å². The van der Waals surface area contributed by atoms with Gasteiger partial charge in [0, 0.05) is 12.7 Å². The third-order valence-electron chi connectivity index (χ3n) is 3.57. The highest BCUT2D eigenvalue weighted by molar-refractivity contribution is 7.22. The molecule has 3 rings (SSSR count). The Morgan fingerprint density at radius 2 is 1.80 bits per heavy atom. The van der Waals surface area contributed by atoms with E-state index in [-0.39, 0.29) is 18.5 Å². The zero-order chi connectivity index (χ0) is 17.8. The van der Waals surface area contributed by atoms with Gasteiger partial charge in [0.15, 0.2) is 5.13 Å². The largest absolute Gasteiger partial charge is 0.325 e. The van der Waals surface area contributed by atoms with Gasteiger partial charge in [0.25, 0.3) is 0 Å². The molecule has 0 aliphatic heterocycles. The van der Waals surface area contributed by atoms with E-state index in [9.17, 15) is 9.59 Å². The zero-order valence-corrected chi connectivity index (χ0v) is 14.8. The summed E-state index contributed by atoms with van der Waals surface area (Å²) in [5.41, 5.74) is 2.66. The van der Waals surface area contributed by atoms with Gasteiger partial charge in [-0.25, -0.2) is 9.78 Å². The third-order valence-corrected chi connectivity index (χ3v) is 4.52. The van der Waals surface area contributed by atoms with Crippen molar-refractivity contribution in [2.45, 2.75) is 6.92 Å². The van der Waals surface area contributed by atoms with E-state index in [2.05, 4.69) is 15.6 Å². The molecule has 1 heterocycles. The van der Waals surface area contributed by atoms with Crippen LogP contribution in [0.4, 0.5) is 15.6 Å². The molecule has 0 aliphatic rings. The number of carbonyl (C=O) groups is 2. The van der Waals surface area contributed by atoms with Crippen molar-refractivity contribution in [3.05, 3.63) is 54.1 Å². The van der Waals surface area contributed by atoms with Crippen LogP contribution in [0, 0.1) is 6.92 Å². The Balaban J connectivity index is 1.56. The van der Waals surface area contributed by atoms with Crippen LogP contribution in [0.3, 0.4) is 0 Å². The first-order chi connectivity index (χ1) is 12.0. The number of nitrogens with one attached hydrogen (secondary N) is 2. The number of benzene rings is 2. The molecule has 1 aromatic heterocycles. The number of aromatic nitrogens is 1. The number of amides is 3. The van der Waals surface area contributed by atoms with Crippen LogP contribution in [-0.2, 0) is 4.79 Å². The Morgan fingerprint density at radius 1 is 1.08 bits per heavy atom. The Morgan fingerprint density at radius 3 is 2.52 bits per heavy atom. The molecular weight excluding hydrogens is 336 g/mol. The van der Waals surface area contributed by atoms with Crippen molar-refractivity contribution in [2.75, 3.05) is 24.2 Å². The number of para-hydroxylation sites is 1. The highest BCUT2D eigenvalue weighted by Gasteiger charge is 2.15. The summed E-state index contributed by atoms with van der Waals surface area (Å²) < 4.78 is 0.998. The molecule has 0 unspecified atom stereocenters. The Bertz CT molecular complexity index is 872. The molecule has 0 radical (unpaired) electrons. The molecule has 128 valence electrons. The van der Waals surface area contributed by atoms with Crippen molar-refractivity contribution in [1.29, 1.82) is 0 Å². The molecule has 0 aliphatic carbocycles. The second-order valence-corrected chi connectivity index (χ2v) is 6.72. The minimum absolute atomic E-state index is 0.0510. The molecule has 0 spiro atoms. The summed E-state index contributed by atoms with van der Waals surface area (Å²) >= 11 is 1.40. The van der Waals surface area contributed by atoms with E-state index in [0.29, 0.717) is 10.8 Å². The third kappa shape index (κ3) is 4.33. The van der Waals surface area contributed by atoms with Gasteiger partial charge >= 0.3 is 6.03 Å². The minimum atomic E-state index is -0.377. The minimum Gasteiger partial charge on any atom is -0.325 e. The molecule has 3 amide bonds. The van der Waals surface area contributed by atoms with Crippen LogP contribution in [0.5, 0.6) is 0 Å². The lowest BCUT2D eigenvalue weighted by atomic mass is 10.2. The standard InChI is InChI=1S/C18H18N4O2S/c1-12-7-9-13(10-8-12)19-16(23)11-22(2)18(24)21-17-20-14-5-3-4-6-15(14)25-17/h3-10H,11H2,1-2H3,(H,19,23)(H,20,21,24). The van der Waals surface area contributed by atoms with Gasteiger partial charge in [-0.1, -0.05) is 41.2 Å². The van der Waals surface area contributed by atoms with E-state index in [4.69, 9.17) is 0 Å². The lowest BCUT2D eigenvalue weighted by Gasteiger charge is -2.16. The molecule has 6 nitrogen and oxygen atoms in total. The van der Waals surface area contributed by atoms with Gasteiger partial charge in [0.1, 0.15) is 6.54 Å². The first-order valence-corrected chi connectivity index (χ1v) is 8.57. The maximum Gasteiger partial charge on any atom is 0.323 e. The van der Waals surface area contributed by atoms with Gasteiger partial charge in [-0.05, 0) is 31.2 Å². The summed E-state index contributed by atoms with van der Waals surface area (Å²) in [6.07, 6.45) is 0. The Hall–Kier alpha value is -2.93. The first-order valence-electron chi connectivity index (χ1n) is 7.75. The number of hydrogen-bond acceptors (Lipinski definition) is 4. The van der Waals surface area contributed by atoms with E-state index in [1.54, 1.807) is 7.05 Å². The Labute approximate surface area is 149 Å². The average molecular weight is 354 g/mol. The predicted octanol–water partition coefficient (Wildman–Crippen LogP) is 3.71. The van der Waals surface area contributed by atoms with E-state index in [1.807, 2.05) is 55.5 Å². The molecule has 0 saturated carbocycles. The van der Waals surface area contributed by atoms with Crippen LogP contribution in [0.1, 0.15) is 5.56 Å². The summed E-state index contributed by atoms with van der Waals surface area (Å²) in [6.45, 7) is 1.93. The van der Waals surface area contributed by atoms with Crippen LogP contribution in [0.2, 0.25) is 0 Å². The number of thiazole rings is 1. The van der Waals surface area contributed by atoms with Crippen molar-refractivity contribution >= 4 is 44.3 Å². The van der Waals surface area contributed by atoms with Crippen molar-refractivity contribution in [1.82, 2.24) is 9.88 Å². The monoisotopic (exact) mass is 354 g/mol. The number of urea groups is 1. The van der Waals surface area contributed by atoms with Gasteiger partial charge in [-0.15, -0.1) is 0 Å². The van der Waals surface area contributed by atoms with Gasteiger partial charge in [0.2, 0.25) is 5.91 Å². The van der Waals surface area contributed by atoms with Crippen LogP contribution >= 0.6 is 11.3 Å². The molecule has 3 aromatic rings. The smallest absolute Gasteiger partial charge is 0.323 e. The quantitative estimate of drug-likeness (QED) is 0.750. The molecule has 0 saturated heterocycles. The summed E-state index contributed by atoms with van der Waals surface area (Å²) in [4.78, 5) is 29.9. The van der Waals surface area contributed by atoms with Crippen molar-refractivity contribution in [2.24, 2.45) is 0 Å². The fourth-order valence-corrected chi connectivity index (χ4v) is 3.09. The lowest BCUT2D eigenvalue weighted by Crippen LogP contribution is -2.37. The van der Waals surface area contributed by atoms with Crippen LogP contribution in [0.15, 0.2) is 48.5 Å². The maximum atomic E-state index is 12.2. The second-order valence-electron chi connectivity index (χ2n) is 5.69. The lowest BCUT2D eigenvalue weighted by molar-refractivity contribution is -0.116. The normalized spacial score (nSPS) is 10.5. The molecule has 0 bridgehead atoms. The molecule has 2 aromatic carbocycles. The van der Waals surface area contributed by atoms with Gasteiger partial charge < -0.3 is 10.2 Å². The number of aryl methyl sites for hydroxylation is 1. The molecule has 0 atom stereocenters. The average Bonchev–Trinajstić information content (AvgIpc) is 2.99. The first kappa shape index (κ1) is 16.9. The Kier molecular flexibility index (Phi) is 4.95. The maximum absolute atomic E-state index is 12.2. The van der Waals surface area contributed by atoms with Crippen LogP contribution < -0.4 is 10.6 Å². The van der Waals surface area contributed by atoms with Crippen LogP contribution in [0.25, 0.3) is 10.2 Å². The van der Waals surface area contributed by atoms with Crippen molar-refractivity contribution < 1.29 is 9.59 Å². The number of anilines is 2. The molecule has 7 heteroatoms. The molecule has 25 heavy (non-hydrogen) atoms.